The Morgan fingerprint density at radius 1 is 1.20 bits per heavy atom. The van der Waals surface area contributed by atoms with E-state index < -0.39 is 65.4 Å². The summed E-state index contributed by atoms with van der Waals surface area (Å²) in [6.45, 7) is 10.8. The van der Waals surface area contributed by atoms with E-state index in [-0.39, 0.29) is 31.0 Å². The van der Waals surface area contributed by atoms with E-state index in [4.69, 9.17) is 21.1 Å². The van der Waals surface area contributed by atoms with Crippen LogP contribution >= 0.6 is 27.5 Å². The number of para-hydroxylation sites is 1. The number of halogens is 2. The SMILES string of the molecule is C=CCCC(=O)OC[C@H](NC(=O)[C@@H]1[C@H]2O[C@@]3(CC2Br)[C@H](C(=O)N(CC=C)c2c(C)cccc2Cl)N([C@@H](CC)CO)C(=O)[C@@H]13)c1ccccc1. The minimum atomic E-state index is -1.37. The second kappa shape index (κ2) is 15.6. The van der Waals surface area contributed by atoms with Gasteiger partial charge in [-0.15, -0.1) is 13.2 Å². The first-order valence-corrected chi connectivity index (χ1v) is 17.9. The zero-order chi connectivity index (χ0) is 35.5. The van der Waals surface area contributed by atoms with Crippen molar-refractivity contribution in [2.75, 3.05) is 24.7 Å². The predicted octanol–water partition coefficient (Wildman–Crippen LogP) is 5.05. The molecular formula is C37H43BrClN3O7. The van der Waals surface area contributed by atoms with Crippen molar-refractivity contribution in [2.45, 2.75) is 74.2 Å². The number of fused-ring (bicyclic) bond motifs is 1. The zero-order valence-corrected chi connectivity index (χ0v) is 30.1. The van der Waals surface area contributed by atoms with E-state index in [9.17, 15) is 24.3 Å². The molecule has 2 bridgehead atoms. The maximum absolute atomic E-state index is 14.9. The topological polar surface area (TPSA) is 125 Å². The summed E-state index contributed by atoms with van der Waals surface area (Å²) in [5.74, 6) is -3.73. The number of hydrogen-bond acceptors (Lipinski definition) is 7. The molecule has 3 heterocycles. The van der Waals surface area contributed by atoms with Gasteiger partial charge in [-0.05, 0) is 43.4 Å². The first-order chi connectivity index (χ1) is 23.5. The van der Waals surface area contributed by atoms with E-state index in [2.05, 4.69) is 34.4 Å². The second-order valence-electron chi connectivity index (χ2n) is 12.8. The number of aryl methyl sites for hydroxylation is 1. The molecule has 3 aliphatic rings. The number of rotatable bonds is 15. The summed E-state index contributed by atoms with van der Waals surface area (Å²) in [4.78, 5) is 58.9. The van der Waals surface area contributed by atoms with E-state index >= 15 is 0 Å². The van der Waals surface area contributed by atoms with Gasteiger partial charge in [0.05, 0.1) is 47.3 Å². The van der Waals surface area contributed by atoms with E-state index in [1.807, 2.05) is 50.2 Å². The van der Waals surface area contributed by atoms with Gasteiger partial charge in [-0.25, -0.2) is 0 Å². The van der Waals surface area contributed by atoms with Crippen LogP contribution in [0.25, 0.3) is 0 Å². The molecule has 2 aromatic carbocycles. The van der Waals surface area contributed by atoms with Crippen LogP contribution in [0.1, 0.15) is 49.8 Å². The lowest BCUT2D eigenvalue weighted by Crippen LogP contribution is -2.59. The molecule has 0 aromatic heterocycles. The molecule has 3 fully saturated rings. The Kier molecular flexibility index (Phi) is 11.7. The molecule has 12 heteroatoms. The number of amides is 3. The molecule has 0 saturated carbocycles. The summed E-state index contributed by atoms with van der Waals surface area (Å²) in [5.41, 5.74) is 0.594. The molecule has 8 atom stereocenters. The summed E-state index contributed by atoms with van der Waals surface area (Å²) < 4.78 is 12.2. The largest absolute Gasteiger partial charge is 0.463 e. The van der Waals surface area contributed by atoms with Crippen molar-refractivity contribution in [2.24, 2.45) is 11.8 Å². The standard InChI is InChI=1S/C37H43BrClN3O7/c1-5-8-17-28(44)48-21-27(23-14-10-9-11-15-23)40-34(45)29-30-35(46)42(24(7-3)20-43)33(37(30)19-25(38)32(29)49-37)36(47)41(18-6-2)31-22(4)13-12-16-26(31)39/h5-6,9-16,24-25,27,29-30,32-33,43H,1-2,7-8,17-21H2,3-4H3,(H,40,45)/t24-,25?,27-,29-,30+,32-,33-,37+/m0/s1. The van der Waals surface area contributed by atoms with Gasteiger partial charge < -0.3 is 29.7 Å². The Hall–Kier alpha value is -3.51. The highest BCUT2D eigenvalue weighted by Gasteiger charge is 2.77. The van der Waals surface area contributed by atoms with Gasteiger partial charge in [0.2, 0.25) is 11.8 Å². The monoisotopic (exact) mass is 755 g/mol. The number of hydrogen-bond donors (Lipinski definition) is 2. The van der Waals surface area contributed by atoms with Gasteiger partial charge in [0.25, 0.3) is 5.91 Å². The minimum Gasteiger partial charge on any atom is -0.463 e. The molecule has 5 rings (SSSR count). The van der Waals surface area contributed by atoms with Crippen LogP contribution in [0.2, 0.25) is 5.02 Å². The fraction of sp³-hybridized carbons (Fsp3) is 0.459. The number of carbonyl (C=O) groups is 4. The molecule has 0 radical (unpaired) electrons. The van der Waals surface area contributed by atoms with Crippen molar-refractivity contribution >= 4 is 56.9 Å². The molecule has 0 aliphatic carbocycles. The number of anilines is 1. The number of ether oxygens (including phenoxy) is 2. The Morgan fingerprint density at radius 3 is 2.57 bits per heavy atom. The summed E-state index contributed by atoms with van der Waals surface area (Å²) in [5, 5.41) is 13.9. The van der Waals surface area contributed by atoms with E-state index in [1.165, 1.54) is 9.80 Å². The molecule has 10 nitrogen and oxygen atoms in total. The maximum Gasteiger partial charge on any atom is 0.306 e. The van der Waals surface area contributed by atoms with Gasteiger partial charge in [0.15, 0.2) is 0 Å². The summed E-state index contributed by atoms with van der Waals surface area (Å²) >= 11 is 10.4. The number of nitrogens with zero attached hydrogens (tertiary/aromatic N) is 2. The first-order valence-electron chi connectivity index (χ1n) is 16.6. The normalized spacial score (nSPS) is 26.5. The number of benzene rings is 2. The smallest absolute Gasteiger partial charge is 0.306 e. The quantitative estimate of drug-likeness (QED) is 0.148. The van der Waals surface area contributed by atoms with Gasteiger partial charge in [0, 0.05) is 17.8 Å². The van der Waals surface area contributed by atoms with Crippen LogP contribution in [0.3, 0.4) is 0 Å². The Bertz CT molecular complexity index is 1570. The van der Waals surface area contributed by atoms with Crippen molar-refractivity contribution < 1.29 is 33.8 Å². The van der Waals surface area contributed by atoms with Gasteiger partial charge in [-0.2, -0.15) is 0 Å². The minimum absolute atomic E-state index is 0.105. The van der Waals surface area contributed by atoms with Crippen LogP contribution in [-0.4, -0.2) is 82.1 Å². The fourth-order valence-corrected chi connectivity index (χ4v) is 8.90. The molecular weight excluding hydrogens is 714 g/mol. The molecule has 2 N–H and O–H groups in total. The molecule has 3 amide bonds. The molecule has 1 spiro atoms. The van der Waals surface area contributed by atoms with Crippen LogP contribution in [0, 0.1) is 18.8 Å². The summed E-state index contributed by atoms with van der Waals surface area (Å²) in [6.07, 6.45) is 3.78. The molecule has 3 aliphatic heterocycles. The van der Waals surface area contributed by atoms with Gasteiger partial charge >= 0.3 is 5.97 Å². The molecule has 3 saturated heterocycles. The summed E-state index contributed by atoms with van der Waals surface area (Å²) in [7, 11) is 0. The van der Waals surface area contributed by atoms with Gasteiger partial charge in [-0.3, -0.25) is 19.2 Å². The molecule has 1 unspecified atom stereocenters. The highest BCUT2D eigenvalue weighted by atomic mass is 79.9. The van der Waals surface area contributed by atoms with Crippen molar-refractivity contribution in [1.29, 1.82) is 0 Å². The highest BCUT2D eigenvalue weighted by molar-refractivity contribution is 9.09. The number of likely N-dealkylation sites (tertiary alicyclic amines) is 1. The summed E-state index contributed by atoms with van der Waals surface area (Å²) in [6, 6.07) is 11.9. The lowest BCUT2D eigenvalue weighted by atomic mass is 9.70. The maximum atomic E-state index is 14.9. The average Bonchev–Trinajstić information content (AvgIpc) is 3.69. The highest BCUT2D eigenvalue weighted by Crippen LogP contribution is 2.61. The predicted molar refractivity (Wildman–Crippen MR) is 190 cm³/mol. The van der Waals surface area contributed by atoms with Crippen LogP contribution < -0.4 is 10.2 Å². The van der Waals surface area contributed by atoms with Gasteiger partial charge in [-0.1, -0.05) is 89.1 Å². The Morgan fingerprint density at radius 2 is 1.94 bits per heavy atom. The number of allylic oxidation sites excluding steroid dienone is 1. The average molecular weight is 757 g/mol. The molecule has 49 heavy (non-hydrogen) atoms. The first kappa shape index (κ1) is 36.8. The number of alkyl halides is 1. The van der Waals surface area contributed by atoms with Crippen molar-refractivity contribution in [3.63, 3.8) is 0 Å². The van der Waals surface area contributed by atoms with E-state index in [0.29, 0.717) is 30.0 Å². The third kappa shape index (κ3) is 6.82. The third-order valence-corrected chi connectivity index (χ3v) is 11.0. The molecule has 262 valence electrons. The van der Waals surface area contributed by atoms with Crippen LogP contribution in [0.4, 0.5) is 5.69 Å². The fourth-order valence-electron chi connectivity index (χ4n) is 7.63. The Labute approximate surface area is 300 Å². The third-order valence-electron chi connectivity index (χ3n) is 9.86. The lowest BCUT2D eigenvalue weighted by Gasteiger charge is -2.39. The zero-order valence-electron chi connectivity index (χ0n) is 27.7. The molecule has 2 aromatic rings. The number of nitrogens with one attached hydrogen (secondary N) is 1. The number of carbonyl (C=O) groups excluding carboxylic acids is 4. The number of esters is 1. The van der Waals surface area contributed by atoms with Crippen LogP contribution in [-0.2, 0) is 28.7 Å². The number of aliphatic hydroxyl groups excluding tert-OH is 1. The van der Waals surface area contributed by atoms with E-state index in [0.717, 1.165) is 11.1 Å². The van der Waals surface area contributed by atoms with Crippen molar-refractivity contribution in [3.8, 4) is 0 Å². The van der Waals surface area contributed by atoms with Crippen LogP contribution in [0.5, 0.6) is 0 Å². The lowest BCUT2D eigenvalue weighted by molar-refractivity contribution is -0.146. The van der Waals surface area contributed by atoms with Gasteiger partial charge in [0.1, 0.15) is 18.2 Å². The Balaban J connectivity index is 1.53. The van der Waals surface area contributed by atoms with E-state index in [1.54, 1.807) is 24.3 Å². The number of aliphatic hydroxyl groups is 1. The van der Waals surface area contributed by atoms with Crippen molar-refractivity contribution in [3.05, 3.63) is 90.0 Å². The second-order valence-corrected chi connectivity index (χ2v) is 14.4. The van der Waals surface area contributed by atoms with Crippen LogP contribution in [0.15, 0.2) is 73.8 Å². The van der Waals surface area contributed by atoms with Crippen molar-refractivity contribution in [1.82, 2.24) is 10.2 Å².